The van der Waals surface area contributed by atoms with Crippen molar-refractivity contribution in [1.82, 2.24) is 15.2 Å². The summed E-state index contributed by atoms with van der Waals surface area (Å²) in [6, 6.07) is 9.54. The van der Waals surface area contributed by atoms with Gasteiger partial charge in [-0.2, -0.15) is 0 Å². The van der Waals surface area contributed by atoms with E-state index in [9.17, 15) is 9.59 Å². The standard InChI is InChI=1S/C16H21N3O2/c1-11(2)18-16(21)17-8-9-19-14-7-5-4-6-13(14)10-12(3)15(19)20/h4-7,10-11H,8-9H2,1-3H3,(H2,17,18,21). The molecule has 2 aromatic rings. The molecule has 0 aliphatic heterocycles. The minimum absolute atomic E-state index is 0.0141. The van der Waals surface area contributed by atoms with Gasteiger partial charge in [0.1, 0.15) is 0 Å². The third kappa shape index (κ3) is 3.62. The quantitative estimate of drug-likeness (QED) is 0.903. The van der Waals surface area contributed by atoms with Crippen molar-refractivity contribution >= 4 is 16.9 Å². The molecule has 21 heavy (non-hydrogen) atoms. The fraction of sp³-hybridized carbons (Fsp3) is 0.375. The minimum Gasteiger partial charge on any atom is -0.336 e. The lowest BCUT2D eigenvalue weighted by molar-refractivity contribution is 0.238. The number of aromatic nitrogens is 1. The van der Waals surface area contributed by atoms with Gasteiger partial charge < -0.3 is 15.2 Å². The molecule has 5 heteroatoms. The molecule has 0 spiro atoms. The van der Waals surface area contributed by atoms with Crippen LogP contribution >= 0.6 is 0 Å². The van der Waals surface area contributed by atoms with Crippen LogP contribution in [0.4, 0.5) is 4.79 Å². The van der Waals surface area contributed by atoms with Crippen LogP contribution in [-0.4, -0.2) is 23.2 Å². The predicted molar refractivity (Wildman–Crippen MR) is 84.6 cm³/mol. The number of fused-ring (bicyclic) bond motifs is 1. The van der Waals surface area contributed by atoms with Gasteiger partial charge in [-0.1, -0.05) is 18.2 Å². The van der Waals surface area contributed by atoms with E-state index in [1.54, 1.807) is 4.57 Å². The number of nitrogens with one attached hydrogen (secondary N) is 2. The Kier molecular flexibility index (Phi) is 4.62. The summed E-state index contributed by atoms with van der Waals surface area (Å²) < 4.78 is 1.71. The fourth-order valence-corrected chi connectivity index (χ4v) is 2.29. The molecule has 0 unspecified atom stereocenters. The first-order valence-electron chi connectivity index (χ1n) is 7.12. The molecule has 5 nitrogen and oxygen atoms in total. The summed E-state index contributed by atoms with van der Waals surface area (Å²) in [6.07, 6.45) is 0. The Morgan fingerprint density at radius 2 is 2.00 bits per heavy atom. The first-order chi connectivity index (χ1) is 9.99. The summed E-state index contributed by atoms with van der Waals surface area (Å²) in [6.45, 7) is 6.47. The Morgan fingerprint density at radius 1 is 1.29 bits per heavy atom. The number of urea groups is 1. The normalized spacial score (nSPS) is 10.9. The molecule has 2 rings (SSSR count). The highest BCUT2D eigenvalue weighted by Crippen LogP contribution is 2.12. The Morgan fingerprint density at radius 3 is 2.71 bits per heavy atom. The van der Waals surface area contributed by atoms with E-state index in [4.69, 9.17) is 0 Å². The Bertz CT molecular complexity index is 704. The number of hydrogen-bond donors (Lipinski definition) is 2. The van der Waals surface area contributed by atoms with Crippen molar-refractivity contribution in [1.29, 1.82) is 0 Å². The third-order valence-electron chi connectivity index (χ3n) is 3.22. The van der Waals surface area contributed by atoms with Gasteiger partial charge in [0.2, 0.25) is 0 Å². The molecular formula is C16H21N3O2. The highest BCUT2D eigenvalue weighted by molar-refractivity contribution is 5.79. The summed E-state index contributed by atoms with van der Waals surface area (Å²) in [5.74, 6) is 0. The van der Waals surface area contributed by atoms with E-state index in [1.807, 2.05) is 51.1 Å². The molecule has 0 fully saturated rings. The number of amides is 2. The van der Waals surface area contributed by atoms with Crippen LogP contribution < -0.4 is 16.2 Å². The number of pyridine rings is 1. The van der Waals surface area contributed by atoms with Crippen molar-refractivity contribution in [2.45, 2.75) is 33.4 Å². The average Bonchev–Trinajstić information content (AvgIpc) is 2.42. The molecule has 2 N–H and O–H groups in total. The predicted octanol–water partition coefficient (Wildman–Crippen LogP) is 2.02. The van der Waals surface area contributed by atoms with Gasteiger partial charge in [-0.25, -0.2) is 4.79 Å². The SMILES string of the molecule is Cc1cc2ccccc2n(CCNC(=O)NC(C)C)c1=O. The van der Waals surface area contributed by atoms with E-state index < -0.39 is 0 Å². The van der Waals surface area contributed by atoms with Gasteiger partial charge in [0, 0.05) is 24.7 Å². The highest BCUT2D eigenvalue weighted by Gasteiger charge is 2.07. The maximum Gasteiger partial charge on any atom is 0.315 e. The second-order valence-corrected chi connectivity index (χ2v) is 5.40. The number of hydrogen-bond acceptors (Lipinski definition) is 2. The summed E-state index contributed by atoms with van der Waals surface area (Å²) in [5, 5.41) is 6.55. The molecule has 112 valence electrons. The zero-order valence-electron chi connectivity index (χ0n) is 12.6. The molecule has 0 saturated heterocycles. The van der Waals surface area contributed by atoms with Gasteiger partial charge >= 0.3 is 6.03 Å². The Labute approximate surface area is 124 Å². The van der Waals surface area contributed by atoms with Crippen LogP contribution in [0.2, 0.25) is 0 Å². The number of carbonyl (C=O) groups excluding carboxylic acids is 1. The van der Waals surface area contributed by atoms with E-state index in [2.05, 4.69) is 10.6 Å². The lowest BCUT2D eigenvalue weighted by atomic mass is 10.1. The summed E-state index contributed by atoms with van der Waals surface area (Å²) in [4.78, 5) is 23.8. The number of nitrogens with zero attached hydrogens (tertiary/aromatic N) is 1. The summed E-state index contributed by atoms with van der Waals surface area (Å²) >= 11 is 0. The van der Waals surface area contributed by atoms with Crippen molar-refractivity contribution in [2.24, 2.45) is 0 Å². The first kappa shape index (κ1) is 15.1. The number of carbonyl (C=O) groups is 1. The van der Waals surface area contributed by atoms with Crippen molar-refractivity contribution in [3.63, 3.8) is 0 Å². The molecule has 1 heterocycles. The largest absolute Gasteiger partial charge is 0.336 e. The van der Waals surface area contributed by atoms with Gasteiger partial charge in [-0.3, -0.25) is 4.79 Å². The summed E-state index contributed by atoms with van der Waals surface area (Å²) in [7, 11) is 0. The number of para-hydroxylation sites is 1. The second kappa shape index (κ2) is 6.43. The van der Waals surface area contributed by atoms with Crippen LogP contribution in [0.3, 0.4) is 0 Å². The van der Waals surface area contributed by atoms with Crippen molar-refractivity contribution < 1.29 is 4.79 Å². The van der Waals surface area contributed by atoms with Crippen molar-refractivity contribution in [2.75, 3.05) is 6.54 Å². The van der Waals surface area contributed by atoms with Crippen molar-refractivity contribution in [3.05, 3.63) is 46.2 Å². The van der Waals surface area contributed by atoms with Gasteiger partial charge in [0.25, 0.3) is 5.56 Å². The van der Waals surface area contributed by atoms with Crippen molar-refractivity contribution in [3.8, 4) is 0 Å². The maximum atomic E-state index is 12.3. The van der Waals surface area contributed by atoms with E-state index in [0.717, 1.165) is 10.9 Å². The number of benzene rings is 1. The topological polar surface area (TPSA) is 63.1 Å². The lowest BCUT2D eigenvalue weighted by Gasteiger charge is -2.13. The smallest absolute Gasteiger partial charge is 0.315 e. The fourth-order valence-electron chi connectivity index (χ4n) is 2.29. The van der Waals surface area contributed by atoms with Crippen LogP contribution in [0.15, 0.2) is 35.1 Å². The molecule has 0 aliphatic carbocycles. The molecule has 0 radical (unpaired) electrons. The average molecular weight is 287 g/mol. The molecule has 0 bridgehead atoms. The third-order valence-corrected chi connectivity index (χ3v) is 3.22. The van der Waals surface area contributed by atoms with Crippen LogP contribution in [-0.2, 0) is 6.54 Å². The zero-order chi connectivity index (χ0) is 15.4. The molecule has 0 saturated carbocycles. The zero-order valence-corrected chi connectivity index (χ0v) is 12.6. The molecule has 1 aromatic carbocycles. The van der Waals surface area contributed by atoms with Crippen LogP contribution in [0.1, 0.15) is 19.4 Å². The highest BCUT2D eigenvalue weighted by atomic mass is 16.2. The molecule has 1 aromatic heterocycles. The van der Waals surface area contributed by atoms with Crippen LogP contribution in [0.25, 0.3) is 10.9 Å². The monoisotopic (exact) mass is 287 g/mol. The summed E-state index contributed by atoms with van der Waals surface area (Å²) in [5.41, 5.74) is 1.58. The van der Waals surface area contributed by atoms with E-state index in [0.29, 0.717) is 18.7 Å². The number of rotatable bonds is 4. The van der Waals surface area contributed by atoms with Gasteiger partial charge in [-0.15, -0.1) is 0 Å². The van der Waals surface area contributed by atoms with E-state index in [-0.39, 0.29) is 17.6 Å². The Balaban J connectivity index is 2.17. The molecule has 0 aliphatic rings. The minimum atomic E-state index is -0.213. The van der Waals surface area contributed by atoms with Gasteiger partial charge in [0.15, 0.2) is 0 Å². The molecule has 0 atom stereocenters. The second-order valence-electron chi connectivity index (χ2n) is 5.40. The van der Waals surface area contributed by atoms with Crippen LogP contribution in [0, 0.1) is 6.92 Å². The van der Waals surface area contributed by atoms with Gasteiger partial charge in [0.05, 0.1) is 5.52 Å². The Hall–Kier alpha value is -2.30. The number of aryl methyl sites for hydroxylation is 1. The lowest BCUT2D eigenvalue weighted by Crippen LogP contribution is -2.41. The first-order valence-corrected chi connectivity index (χ1v) is 7.12. The van der Waals surface area contributed by atoms with Gasteiger partial charge in [-0.05, 0) is 38.3 Å². The van der Waals surface area contributed by atoms with E-state index in [1.165, 1.54) is 0 Å². The molecular weight excluding hydrogens is 266 g/mol. The molecule has 2 amide bonds. The van der Waals surface area contributed by atoms with E-state index >= 15 is 0 Å². The van der Waals surface area contributed by atoms with Crippen LogP contribution in [0.5, 0.6) is 0 Å². The maximum absolute atomic E-state index is 12.3.